The Morgan fingerprint density at radius 1 is 0.875 bits per heavy atom. The predicted octanol–water partition coefficient (Wildman–Crippen LogP) is 4.69. The van der Waals surface area contributed by atoms with Crippen LogP contribution in [-0.2, 0) is 6.42 Å². The summed E-state index contributed by atoms with van der Waals surface area (Å²) in [4.78, 5) is 7.98. The summed E-state index contributed by atoms with van der Waals surface area (Å²) < 4.78 is 0. The maximum Gasteiger partial charge on any atom is 0.111 e. The van der Waals surface area contributed by atoms with E-state index in [-0.39, 0.29) is 0 Å². The van der Waals surface area contributed by atoms with Gasteiger partial charge in [0.25, 0.3) is 0 Å². The summed E-state index contributed by atoms with van der Waals surface area (Å²) in [6.45, 7) is 0. The highest BCUT2D eigenvalue weighted by Crippen LogP contribution is 2.22. The molecule has 1 heterocycles. The first kappa shape index (κ1) is 14.2. The van der Waals surface area contributed by atoms with Gasteiger partial charge in [0.2, 0.25) is 0 Å². The Kier molecular flexibility index (Phi) is 3.57. The van der Waals surface area contributed by atoms with Crippen molar-refractivity contribution in [2.75, 3.05) is 0 Å². The molecule has 0 aliphatic heterocycles. The number of nitrogens with one attached hydrogen (secondary N) is 1. The van der Waals surface area contributed by atoms with Crippen molar-refractivity contribution >= 4 is 11.0 Å². The van der Waals surface area contributed by atoms with Gasteiger partial charge < -0.3 is 4.98 Å². The highest BCUT2D eigenvalue weighted by atomic mass is 14.9. The number of H-pyrrole nitrogens is 1. The molecular formula is C21H15N3. The molecule has 0 aliphatic rings. The molecule has 3 aromatic carbocycles. The highest BCUT2D eigenvalue weighted by Gasteiger charge is 2.04. The second-order valence-corrected chi connectivity index (χ2v) is 5.77. The normalized spacial score (nSPS) is 10.6. The third-order valence-corrected chi connectivity index (χ3v) is 4.09. The summed E-state index contributed by atoms with van der Waals surface area (Å²) in [5, 5.41) is 9.02. The molecule has 0 atom stereocenters. The van der Waals surface area contributed by atoms with Crippen molar-refractivity contribution in [1.29, 1.82) is 5.26 Å². The van der Waals surface area contributed by atoms with Crippen molar-refractivity contribution in [3.63, 3.8) is 0 Å². The predicted molar refractivity (Wildman–Crippen MR) is 95.5 cm³/mol. The number of benzene rings is 3. The van der Waals surface area contributed by atoms with Crippen molar-refractivity contribution in [1.82, 2.24) is 9.97 Å². The Hall–Kier alpha value is -3.38. The number of fused-ring (bicyclic) bond motifs is 1. The van der Waals surface area contributed by atoms with E-state index in [9.17, 15) is 0 Å². The van der Waals surface area contributed by atoms with E-state index in [1.165, 1.54) is 5.56 Å². The van der Waals surface area contributed by atoms with Gasteiger partial charge in [0.1, 0.15) is 5.82 Å². The Morgan fingerprint density at radius 3 is 2.50 bits per heavy atom. The molecule has 0 amide bonds. The standard InChI is InChI=1S/C21H15N3/c22-14-16-4-3-5-18(12-16)17-10-8-15(9-11-17)13-21-23-19-6-1-2-7-20(19)24-21/h1-12H,13H2,(H,23,24). The first-order valence-electron chi connectivity index (χ1n) is 7.85. The van der Waals surface area contributed by atoms with Gasteiger partial charge in [-0.25, -0.2) is 4.98 Å². The lowest BCUT2D eigenvalue weighted by molar-refractivity contribution is 1.04. The van der Waals surface area contributed by atoms with E-state index < -0.39 is 0 Å². The molecule has 1 aromatic heterocycles. The zero-order chi connectivity index (χ0) is 16.4. The molecule has 0 radical (unpaired) electrons. The van der Waals surface area contributed by atoms with Crippen molar-refractivity contribution in [2.24, 2.45) is 0 Å². The molecule has 0 saturated carbocycles. The number of imidazole rings is 1. The molecule has 3 nitrogen and oxygen atoms in total. The van der Waals surface area contributed by atoms with Crippen LogP contribution in [0, 0.1) is 11.3 Å². The van der Waals surface area contributed by atoms with Gasteiger partial charge in [0.05, 0.1) is 22.7 Å². The Morgan fingerprint density at radius 2 is 1.71 bits per heavy atom. The van der Waals surface area contributed by atoms with Crippen LogP contribution in [0.1, 0.15) is 17.0 Å². The Labute approximate surface area is 140 Å². The van der Waals surface area contributed by atoms with Crippen LogP contribution >= 0.6 is 0 Å². The SMILES string of the molecule is N#Cc1cccc(-c2ccc(Cc3nc4ccccc4[nH]3)cc2)c1. The number of nitrogens with zero attached hydrogens (tertiary/aromatic N) is 2. The molecule has 0 spiro atoms. The summed E-state index contributed by atoms with van der Waals surface area (Å²) in [5.74, 6) is 0.968. The van der Waals surface area contributed by atoms with Crippen LogP contribution < -0.4 is 0 Å². The van der Waals surface area contributed by atoms with Crippen LogP contribution in [0.3, 0.4) is 0 Å². The fourth-order valence-electron chi connectivity index (χ4n) is 2.87. The van der Waals surface area contributed by atoms with E-state index in [1.54, 1.807) is 0 Å². The molecule has 0 fully saturated rings. The average molecular weight is 309 g/mol. The summed E-state index contributed by atoms with van der Waals surface area (Å²) in [7, 11) is 0. The maximum absolute atomic E-state index is 9.02. The Balaban J connectivity index is 1.58. The molecular weight excluding hydrogens is 294 g/mol. The van der Waals surface area contributed by atoms with E-state index in [0.29, 0.717) is 5.56 Å². The topological polar surface area (TPSA) is 52.5 Å². The summed E-state index contributed by atoms with van der Waals surface area (Å²) >= 11 is 0. The number of nitriles is 1. The van der Waals surface area contributed by atoms with Crippen LogP contribution in [0.2, 0.25) is 0 Å². The minimum absolute atomic E-state index is 0.679. The number of hydrogen-bond acceptors (Lipinski definition) is 2. The van der Waals surface area contributed by atoms with Crippen LogP contribution in [0.5, 0.6) is 0 Å². The zero-order valence-electron chi connectivity index (χ0n) is 13.0. The van der Waals surface area contributed by atoms with Crippen LogP contribution in [0.4, 0.5) is 0 Å². The third kappa shape index (κ3) is 2.78. The van der Waals surface area contributed by atoms with Crippen molar-refractivity contribution in [3.05, 3.63) is 89.7 Å². The lowest BCUT2D eigenvalue weighted by Crippen LogP contribution is -1.90. The van der Waals surface area contributed by atoms with Crippen molar-refractivity contribution in [3.8, 4) is 17.2 Å². The molecule has 0 bridgehead atoms. The lowest BCUT2D eigenvalue weighted by Gasteiger charge is -2.04. The minimum atomic E-state index is 0.679. The van der Waals surface area contributed by atoms with Gasteiger partial charge >= 0.3 is 0 Å². The molecule has 0 unspecified atom stereocenters. The molecule has 4 rings (SSSR count). The third-order valence-electron chi connectivity index (χ3n) is 4.09. The molecule has 0 aliphatic carbocycles. The monoisotopic (exact) mass is 309 g/mol. The van der Waals surface area contributed by atoms with Gasteiger partial charge in [-0.2, -0.15) is 5.26 Å². The van der Waals surface area contributed by atoms with E-state index in [4.69, 9.17) is 5.26 Å². The molecule has 3 heteroatoms. The van der Waals surface area contributed by atoms with E-state index >= 15 is 0 Å². The van der Waals surface area contributed by atoms with Crippen LogP contribution in [-0.4, -0.2) is 9.97 Å². The fourth-order valence-corrected chi connectivity index (χ4v) is 2.87. The number of rotatable bonds is 3. The zero-order valence-corrected chi connectivity index (χ0v) is 13.0. The van der Waals surface area contributed by atoms with Gasteiger partial charge in [-0.3, -0.25) is 0 Å². The molecule has 24 heavy (non-hydrogen) atoms. The van der Waals surface area contributed by atoms with Crippen molar-refractivity contribution in [2.45, 2.75) is 6.42 Å². The van der Waals surface area contributed by atoms with Crippen LogP contribution in [0.25, 0.3) is 22.2 Å². The average Bonchev–Trinajstić information content (AvgIpc) is 3.04. The van der Waals surface area contributed by atoms with Gasteiger partial charge in [0, 0.05) is 6.42 Å². The second-order valence-electron chi connectivity index (χ2n) is 5.77. The maximum atomic E-state index is 9.02. The second kappa shape index (κ2) is 6.02. The summed E-state index contributed by atoms with van der Waals surface area (Å²) in [6.07, 6.45) is 0.771. The van der Waals surface area contributed by atoms with E-state index in [2.05, 4.69) is 40.3 Å². The van der Waals surface area contributed by atoms with E-state index in [0.717, 1.165) is 34.4 Å². The fraction of sp³-hybridized carbons (Fsp3) is 0.0476. The van der Waals surface area contributed by atoms with Gasteiger partial charge in [-0.1, -0.05) is 48.5 Å². The number of aromatic amines is 1. The molecule has 4 aromatic rings. The molecule has 0 saturated heterocycles. The number of aromatic nitrogens is 2. The summed E-state index contributed by atoms with van der Waals surface area (Å²) in [6, 6.07) is 26.3. The molecule has 1 N–H and O–H groups in total. The number of hydrogen-bond donors (Lipinski definition) is 1. The first-order valence-corrected chi connectivity index (χ1v) is 7.85. The Bertz CT molecular complexity index is 1000. The van der Waals surface area contributed by atoms with E-state index in [1.807, 2.05) is 48.5 Å². The number of para-hydroxylation sites is 2. The largest absolute Gasteiger partial charge is 0.342 e. The van der Waals surface area contributed by atoms with Crippen LogP contribution in [0.15, 0.2) is 72.8 Å². The van der Waals surface area contributed by atoms with Gasteiger partial charge in [-0.05, 0) is 41.0 Å². The smallest absolute Gasteiger partial charge is 0.111 e. The van der Waals surface area contributed by atoms with Gasteiger partial charge in [0.15, 0.2) is 0 Å². The first-order chi connectivity index (χ1) is 11.8. The minimum Gasteiger partial charge on any atom is -0.342 e. The highest BCUT2D eigenvalue weighted by molar-refractivity contribution is 5.74. The molecule has 114 valence electrons. The van der Waals surface area contributed by atoms with Crippen molar-refractivity contribution < 1.29 is 0 Å². The summed E-state index contributed by atoms with van der Waals surface area (Å²) in [5.41, 5.74) is 6.12. The quantitative estimate of drug-likeness (QED) is 0.596. The van der Waals surface area contributed by atoms with Gasteiger partial charge in [-0.15, -0.1) is 0 Å². The lowest BCUT2D eigenvalue weighted by atomic mass is 10.0.